The van der Waals surface area contributed by atoms with Gasteiger partial charge < -0.3 is 9.40 Å². The Morgan fingerprint density at radius 2 is 1.47 bits per heavy atom. The second-order valence-corrected chi connectivity index (χ2v) is 29.8. The Labute approximate surface area is 364 Å². The standard InChI is InChI=1S/C31H28NO.C22H32GeN.Ir/c1-31(2,23-11-6-7-12-23)24-17-18-32-28(20-24)27-14-8-13-26-25-16-15-22(19-29(25)33-30(26)27)21-9-4-3-5-10-21;1-16(2)12-18-14-21(24-15-20(18)23(6,7)8)17-10-9-11-19(13-17)22(3,4)5;/h3-5,8-10,13,15-20,23H,6-7,11-12H2,1-2H3;9,11,13-16H,12H2,1-8H3;/q2*-1;. The summed E-state index contributed by atoms with van der Waals surface area (Å²) in [5.74, 6) is 8.75. The molecule has 3 nitrogen and oxygen atoms in total. The summed E-state index contributed by atoms with van der Waals surface area (Å²) in [6.45, 7) is 16.1. The molecule has 0 bridgehead atoms. The SMILES string of the molecule is CC(C)(c1ccnc(-c2[c-]ccc3c2oc2cc(-c4ccccc4)ccc23)c1)C1CCCC1.CC(C)Cc1cc(-c2[c-]ccc(C(C)(C)C)c2)nc[c]1[Ge]([CH3])([CH3])[CH3].[Ir]. The molecule has 1 aliphatic carbocycles. The third-order valence-electron chi connectivity index (χ3n) is 12.0. The largest absolute Gasteiger partial charge is 0 e. The van der Waals surface area contributed by atoms with Crippen LogP contribution in [0.1, 0.15) is 90.8 Å². The zero-order valence-corrected chi connectivity index (χ0v) is 40.7. The van der Waals surface area contributed by atoms with Gasteiger partial charge in [0.25, 0.3) is 0 Å². The van der Waals surface area contributed by atoms with Crippen LogP contribution >= 0.6 is 0 Å². The smallest absolute Gasteiger partial charge is 0 e. The second-order valence-electron chi connectivity index (χ2n) is 19.2. The normalized spacial score (nSPS) is 13.8. The molecule has 58 heavy (non-hydrogen) atoms. The minimum absolute atomic E-state index is 0. The molecule has 0 saturated heterocycles. The average Bonchev–Trinajstić information content (AvgIpc) is 3.87. The van der Waals surface area contributed by atoms with Gasteiger partial charge in [-0.15, -0.1) is 18.2 Å². The van der Waals surface area contributed by atoms with E-state index in [-0.39, 0.29) is 30.9 Å². The van der Waals surface area contributed by atoms with E-state index in [1.807, 2.05) is 24.4 Å². The maximum atomic E-state index is 6.45. The van der Waals surface area contributed by atoms with Gasteiger partial charge in [-0.1, -0.05) is 86.2 Å². The molecule has 0 aliphatic heterocycles. The first-order valence-corrected chi connectivity index (χ1v) is 28.3. The maximum absolute atomic E-state index is 6.45. The summed E-state index contributed by atoms with van der Waals surface area (Å²) >= 11 is -1.91. The van der Waals surface area contributed by atoms with Crippen molar-refractivity contribution in [2.24, 2.45) is 11.8 Å². The molecule has 1 saturated carbocycles. The fourth-order valence-electron chi connectivity index (χ4n) is 8.60. The Kier molecular flexibility index (Phi) is 13.4. The van der Waals surface area contributed by atoms with Crippen LogP contribution in [-0.4, -0.2) is 23.2 Å². The molecular weight excluding hydrogens is 945 g/mol. The Morgan fingerprint density at radius 3 is 2.16 bits per heavy atom. The molecule has 3 heterocycles. The van der Waals surface area contributed by atoms with Crippen LogP contribution in [0.5, 0.6) is 0 Å². The number of hydrogen-bond acceptors (Lipinski definition) is 3. The molecule has 0 amide bonds. The topological polar surface area (TPSA) is 38.9 Å². The van der Waals surface area contributed by atoms with E-state index in [0.29, 0.717) is 5.92 Å². The Morgan fingerprint density at radius 1 is 0.741 bits per heavy atom. The summed E-state index contributed by atoms with van der Waals surface area (Å²) in [4.78, 5) is 9.57. The van der Waals surface area contributed by atoms with E-state index >= 15 is 0 Å². The molecule has 0 unspecified atom stereocenters. The molecular formula is C53H60GeIrN2O-2. The van der Waals surface area contributed by atoms with E-state index < -0.39 is 13.3 Å². The van der Waals surface area contributed by atoms with Gasteiger partial charge in [0.05, 0.1) is 5.58 Å². The molecule has 0 N–H and O–H groups in total. The quantitative estimate of drug-likeness (QED) is 0.112. The molecule has 8 rings (SSSR count). The number of furan rings is 1. The minimum atomic E-state index is -1.91. The third-order valence-corrected chi connectivity index (χ3v) is 16.4. The van der Waals surface area contributed by atoms with Crippen molar-refractivity contribution in [1.29, 1.82) is 0 Å². The van der Waals surface area contributed by atoms with Crippen LogP contribution < -0.4 is 4.40 Å². The number of aromatic nitrogens is 2. The monoisotopic (exact) mass is 1010 g/mol. The van der Waals surface area contributed by atoms with Gasteiger partial charge in [-0.3, -0.25) is 0 Å². The molecule has 0 atom stereocenters. The number of fused-ring (bicyclic) bond motifs is 3. The maximum Gasteiger partial charge on any atom is 0 e. The molecule has 1 fully saturated rings. The van der Waals surface area contributed by atoms with Crippen molar-refractivity contribution in [1.82, 2.24) is 9.97 Å². The van der Waals surface area contributed by atoms with Crippen molar-refractivity contribution in [3.05, 3.63) is 138 Å². The van der Waals surface area contributed by atoms with Gasteiger partial charge in [0.15, 0.2) is 0 Å². The number of hydrogen-bond donors (Lipinski definition) is 0. The van der Waals surface area contributed by atoms with Gasteiger partial charge >= 0.3 is 151 Å². The van der Waals surface area contributed by atoms with E-state index in [0.717, 1.165) is 62.4 Å². The molecule has 303 valence electrons. The van der Waals surface area contributed by atoms with Crippen LogP contribution in [0.15, 0.2) is 114 Å². The molecule has 3 aromatic heterocycles. The van der Waals surface area contributed by atoms with Crippen molar-refractivity contribution in [2.75, 3.05) is 0 Å². The molecule has 1 aliphatic rings. The number of rotatable bonds is 8. The third kappa shape index (κ3) is 9.62. The second kappa shape index (κ2) is 17.8. The van der Waals surface area contributed by atoms with Gasteiger partial charge in [0.2, 0.25) is 0 Å². The molecule has 5 heteroatoms. The first-order valence-electron chi connectivity index (χ1n) is 21.0. The summed E-state index contributed by atoms with van der Waals surface area (Å²) in [7, 11) is 0. The fraction of sp³-hybridized carbons (Fsp3) is 0.358. The van der Waals surface area contributed by atoms with Crippen molar-refractivity contribution < 1.29 is 24.5 Å². The molecule has 1 radical (unpaired) electrons. The number of benzene rings is 4. The summed E-state index contributed by atoms with van der Waals surface area (Å²) in [6.07, 6.45) is 10.6. The minimum Gasteiger partial charge on any atom is 0 e. The summed E-state index contributed by atoms with van der Waals surface area (Å²) in [6, 6.07) is 41.0. The predicted molar refractivity (Wildman–Crippen MR) is 245 cm³/mol. The van der Waals surface area contributed by atoms with Gasteiger partial charge in [-0.2, -0.15) is 0 Å². The van der Waals surface area contributed by atoms with Crippen molar-refractivity contribution in [3.63, 3.8) is 0 Å². The van der Waals surface area contributed by atoms with Crippen LogP contribution in [-0.2, 0) is 37.4 Å². The fourth-order valence-corrected chi connectivity index (χ4v) is 11.9. The number of pyridine rings is 2. The van der Waals surface area contributed by atoms with Crippen LogP contribution in [0.4, 0.5) is 0 Å². The van der Waals surface area contributed by atoms with Crippen molar-refractivity contribution in [2.45, 2.75) is 109 Å². The van der Waals surface area contributed by atoms with Crippen LogP contribution in [0.3, 0.4) is 0 Å². The van der Waals surface area contributed by atoms with Gasteiger partial charge in [-0.25, -0.2) is 0 Å². The Bertz CT molecular complexity index is 2480. The van der Waals surface area contributed by atoms with Crippen molar-refractivity contribution in [3.8, 4) is 33.6 Å². The zero-order chi connectivity index (χ0) is 40.5. The average molecular weight is 1010 g/mol. The van der Waals surface area contributed by atoms with E-state index in [1.165, 1.54) is 47.9 Å². The number of nitrogens with zero attached hydrogens (tertiary/aromatic N) is 2. The van der Waals surface area contributed by atoms with Crippen LogP contribution in [0.2, 0.25) is 17.3 Å². The predicted octanol–water partition coefficient (Wildman–Crippen LogP) is 14.2. The van der Waals surface area contributed by atoms with E-state index in [9.17, 15) is 0 Å². The van der Waals surface area contributed by atoms with Gasteiger partial charge in [0.1, 0.15) is 5.58 Å². The van der Waals surface area contributed by atoms with E-state index in [4.69, 9.17) is 14.4 Å². The summed E-state index contributed by atoms with van der Waals surface area (Å²) in [5, 5.41) is 2.24. The summed E-state index contributed by atoms with van der Waals surface area (Å²) in [5.41, 5.74) is 12.6. The first kappa shape index (κ1) is 43.7. The zero-order valence-electron chi connectivity index (χ0n) is 36.2. The van der Waals surface area contributed by atoms with Gasteiger partial charge in [0, 0.05) is 31.7 Å². The van der Waals surface area contributed by atoms with Crippen molar-refractivity contribution >= 4 is 39.6 Å². The molecule has 4 aromatic carbocycles. The van der Waals surface area contributed by atoms with Crippen LogP contribution in [0, 0.1) is 24.0 Å². The van der Waals surface area contributed by atoms with Crippen LogP contribution in [0.25, 0.3) is 55.6 Å². The Balaban J connectivity index is 0.000000203. The summed E-state index contributed by atoms with van der Waals surface area (Å²) < 4.78 is 8.00. The first-order chi connectivity index (χ1) is 27.1. The Hall–Kier alpha value is -3.83. The molecule has 0 spiro atoms. The molecule has 7 aromatic rings. The van der Waals surface area contributed by atoms with E-state index in [2.05, 4.69) is 163 Å². The van der Waals surface area contributed by atoms with Gasteiger partial charge in [-0.05, 0) is 58.7 Å². The van der Waals surface area contributed by atoms with E-state index in [1.54, 1.807) is 4.40 Å².